The van der Waals surface area contributed by atoms with Gasteiger partial charge in [-0.05, 0) is 12.1 Å². The van der Waals surface area contributed by atoms with Gasteiger partial charge in [-0.3, -0.25) is 0 Å². The summed E-state index contributed by atoms with van der Waals surface area (Å²) in [6.45, 7) is 0. The maximum atomic E-state index is 10.7. The number of aromatic carboxylic acids is 1. The highest BCUT2D eigenvalue weighted by Gasteiger charge is 2.13. The van der Waals surface area contributed by atoms with E-state index in [2.05, 4.69) is 9.97 Å². The molecule has 82 valence electrons. The second kappa shape index (κ2) is 4.28. The molecule has 2 heterocycles. The van der Waals surface area contributed by atoms with Crippen molar-refractivity contribution in [3.63, 3.8) is 0 Å². The molecule has 2 aromatic heterocycles. The third-order valence-corrected chi connectivity index (χ3v) is 2.91. The first-order chi connectivity index (χ1) is 7.68. The van der Waals surface area contributed by atoms with Crippen LogP contribution >= 0.6 is 11.3 Å². The van der Waals surface area contributed by atoms with E-state index in [1.807, 2.05) is 18.2 Å². The first-order valence-electron chi connectivity index (χ1n) is 4.52. The zero-order valence-corrected chi connectivity index (χ0v) is 9.31. The Morgan fingerprint density at radius 2 is 2.31 bits per heavy atom. The summed E-state index contributed by atoms with van der Waals surface area (Å²) in [6, 6.07) is 5.52. The van der Waals surface area contributed by atoms with Crippen molar-refractivity contribution in [2.24, 2.45) is 0 Å². The molecule has 0 aliphatic rings. The molecule has 0 radical (unpaired) electrons. The van der Waals surface area contributed by atoms with E-state index in [-0.39, 0.29) is 5.69 Å². The third-order valence-electron chi connectivity index (χ3n) is 1.99. The normalized spacial score (nSPS) is 10.1. The van der Waals surface area contributed by atoms with Crippen LogP contribution in [0.5, 0.6) is 0 Å². The predicted molar refractivity (Wildman–Crippen MR) is 61.4 cm³/mol. The van der Waals surface area contributed by atoms with Gasteiger partial charge < -0.3 is 10.0 Å². The lowest BCUT2D eigenvalue weighted by molar-refractivity contribution is 0.0691. The maximum Gasteiger partial charge on any atom is 0.355 e. The number of thiazole rings is 1. The van der Waals surface area contributed by atoms with Crippen LogP contribution in [0.15, 0.2) is 29.8 Å². The van der Waals surface area contributed by atoms with Crippen LogP contribution in [-0.2, 0) is 0 Å². The van der Waals surface area contributed by atoms with Gasteiger partial charge in [0.25, 0.3) is 0 Å². The maximum absolute atomic E-state index is 10.7. The van der Waals surface area contributed by atoms with Crippen molar-refractivity contribution in [3.8, 4) is 0 Å². The second-order valence-electron chi connectivity index (χ2n) is 3.07. The largest absolute Gasteiger partial charge is 0.476 e. The van der Waals surface area contributed by atoms with Crippen LogP contribution in [0.25, 0.3) is 0 Å². The number of pyridine rings is 1. The SMILES string of the molecule is CN(c1ccccn1)c1nc(C(=O)O)cs1. The van der Waals surface area contributed by atoms with E-state index in [4.69, 9.17) is 5.11 Å². The van der Waals surface area contributed by atoms with Crippen molar-refractivity contribution < 1.29 is 9.90 Å². The molecule has 0 saturated heterocycles. The minimum atomic E-state index is -1.02. The molecule has 0 aromatic carbocycles. The molecule has 0 unspecified atom stereocenters. The van der Waals surface area contributed by atoms with Gasteiger partial charge in [-0.15, -0.1) is 11.3 Å². The van der Waals surface area contributed by atoms with E-state index >= 15 is 0 Å². The van der Waals surface area contributed by atoms with E-state index in [9.17, 15) is 4.79 Å². The van der Waals surface area contributed by atoms with E-state index in [1.165, 1.54) is 16.7 Å². The molecular weight excluding hydrogens is 226 g/mol. The Kier molecular flexibility index (Phi) is 2.82. The van der Waals surface area contributed by atoms with Crippen LogP contribution in [-0.4, -0.2) is 28.1 Å². The van der Waals surface area contributed by atoms with E-state index in [1.54, 1.807) is 18.1 Å². The zero-order chi connectivity index (χ0) is 11.5. The van der Waals surface area contributed by atoms with Gasteiger partial charge in [0.15, 0.2) is 10.8 Å². The lowest BCUT2D eigenvalue weighted by atomic mass is 10.4. The number of nitrogens with zero attached hydrogens (tertiary/aromatic N) is 3. The Hall–Kier alpha value is -1.95. The number of hydrogen-bond acceptors (Lipinski definition) is 5. The quantitative estimate of drug-likeness (QED) is 0.881. The summed E-state index contributed by atoms with van der Waals surface area (Å²) in [5.74, 6) is -0.286. The Morgan fingerprint density at radius 3 is 2.88 bits per heavy atom. The summed E-state index contributed by atoms with van der Waals surface area (Å²) < 4.78 is 0. The summed E-state index contributed by atoms with van der Waals surface area (Å²) in [4.78, 5) is 20.6. The highest BCUT2D eigenvalue weighted by atomic mass is 32.1. The Bertz CT molecular complexity index is 498. The fraction of sp³-hybridized carbons (Fsp3) is 0.100. The monoisotopic (exact) mass is 235 g/mol. The van der Waals surface area contributed by atoms with Crippen LogP contribution in [0, 0.1) is 0 Å². The molecule has 0 saturated carbocycles. The molecule has 5 nitrogen and oxygen atoms in total. The Labute approximate surface area is 96.0 Å². The van der Waals surface area contributed by atoms with Crippen LogP contribution in [0.2, 0.25) is 0 Å². The number of carboxylic acid groups (broad SMARTS) is 1. The Balaban J connectivity index is 2.27. The van der Waals surface area contributed by atoms with Gasteiger partial charge >= 0.3 is 5.97 Å². The number of anilines is 2. The topological polar surface area (TPSA) is 66.3 Å². The highest BCUT2D eigenvalue weighted by Crippen LogP contribution is 2.24. The van der Waals surface area contributed by atoms with Gasteiger partial charge in [0.05, 0.1) is 0 Å². The van der Waals surface area contributed by atoms with Crippen molar-refractivity contribution in [2.45, 2.75) is 0 Å². The molecule has 0 spiro atoms. The van der Waals surface area contributed by atoms with Crippen LogP contribution in [0.3, 0.4) is 0 Å². The molecule has 0 bridgehead atoms. The molecule has 2 aromatic rings. The van der Waals surface area contributed by atoms with Crippen molar-refractivity contribution in [1.82, 2.24) is 9.97 Å². The number of rotatable bonds is 3. The fourth-order valence-corrected chi connectivity index (χ4v) is 1.94. The molecule has 0 amide bonds. The van der Waals surface area contributed by atoms with Gasteiger partial charge in [0.2, 0.25) is 0 Å². The van der Waals surface area contributed by atoms with Crippen LogP contribution in [0.1, 0.15) is 10.5 Å². The molecule has 2 rings (SSSR count). The minimum Gasteiger partial charge on any atom is -0.476 e. The van der Waals surface area contributed by atoms with Crippen molar-refractivity contribution >= 4 is 28.3 Å². The second-order valence-corrected chi connectivity index (χ2v) is 3.90. The van der Waals surface area contributed by atoms with Gasteiger partial charge in [-0.2, -0.15) is 0 Å². The molecule has 6 heteroatoms. The molecule has 0 fully saturated rings. The number of aromatic nitrogens is 2. The summed E-state index contributed by atoms with van der Waals surface area (Å²) in [5, 5.41) is 10.9. The van der Waals surface area contributed by atoms with Crippen molar-refractivity contribution in [1.29, 1.82) is 0 Å². The molecule has 0 atom stereocenters. The van der Waals surface area contributed by atoms with Gasteiger partial charge in [-0.25, -0.2) is 14.8 Å². The van der Waals surface area contributed by atoms with Gasteiger partial charge in [0, 0.05) is 18.6 Å². The molecular formula is C10H9N3O2S. The molecule has 16 heavy (non-hydrogen) atoms. The predicted octanol–water partition coefficient (Wildman–Crippen LogP) is 2.00. The first-order valence-corrected chi connectivity index (χ1v) is 5.40. The third kappa shape index (κ3) is 2.01. The smallest absolute Gasteiger partial charge is 0.355 e. The number of carboxylic acids is 1. The molecule has 1 N–H and O–H groups in total. The lowest BCUT2D eigenvalue weighted by Crippen LogP contribution is -2.11. The summed E-state index contributed by atoms with van der Waals surface area (Å²) in [5.41, 5.74) is 0.0581. The summed E-state index contributed by atoms with van der Waals surface area (Å²) in [6.07, 6.45) is 1.68. The molecule has 0 aliphatic carbocycles. The first kappa shape index (κ1) is 10.6. The summed E-state index contributed by atoms with van der Waals surface area (Å²) in [7, 11) is 1.80. The lowest BCUT2D eigenvalue weighted by Gasteiger charge is -2.13. The summed E-state index contributed by atoms with van der Waals surface area (Å²) >= 11 is 1.27. The average Bonchev–Trinajstić information content (AvgIpc) is 2.78. The van der Waals surface area contributed by atoms with Crippen molar-refractivity contribution in [3.05, 3.63) is 35.5 Å². The molecule has 0 aliphatic heterocycles. The van der Waals surface area contributed by atoms with E-state index < -0.39 is 5.97 Å². The fourth-order valence-electron chi connectivity index (χ4n) is 1.17. The van der Waals surface area contributed by atoms with E-state index in [0.29, 0.717) is 5.13 Å². The van der Waals surface area contributed by atoms with Gasteiger partial charge in [-0.1, -0.05) is 6.07 Å². The van der Waals surface area contributed by atoms with Gasteiger partial charge in [0.1, 0.15) is 5.82 Å². The standard InChI is InChI=1S/C10H9N3O2S/c1-13(8-4-2-3-5-11-8)10-12-7(6-16-10)9(14)15/h2-6H,1H3,(H,14,15). The van der Waals surface area contributed by atoms with Crippen LogP contribution in [0.4, 0.5) is 10.9 Å². The minimum absolute atomic E-state index is 0.0581. The highest BCUT2D eigenvalue weighted by molar-refractivity contribution is 7.14. The van der Waals surface area contributed by atoms with E-state index in [0.717, 1.165) is 5.82 Å². The number of carbonyl (C=O) groups is 1. The average molecular weight is 235 g/mol. The van der Waals surface area contributed by atoms with Crippen LogP contribution < -0.4 is 4.90 Å². The van der Waals surface area contributed by atoms with Crippen molar-refractivity contribution in [2.75, 3.05) is 11.9 Å². The zero-order valence-electron chi connectivity index (χ0n) is 8.49. The Morgan fingerprint density at radius 1 is 1.50 bits per heavy atom. The number of hydrogen-bond donors (Lipinski definition) is 1.